The number of rotatable bonds is 6. The zero-order valence-corrected chi connectivity index (χ0v) is 14.7. The minimum Gasteiger partial charge on any atom is -0.350 e. The molecule has 0 aromatic carbocycles. The molecule has 1 amide bonds. The van der Waals surface area contributed by atoms with Crippen molar-refractivity contribution in [2.45, 2.75) is 32.9 Å². The smallest absolute Gasteiger partial charge is 0.274 e. The topological polar surface area (TPSA) is 90.0 Å². The minimum atomic E-state index is -0.298. The first-order valence-corrected chi connectivity index (χ1v) is 8.75. The molecule has 0 atom stereocenters. The molecule has 3 aromatic heterocycles. The number of nitrogens with zero attached hydrogens (tertiary/aromatic N) is 3. The van der Waals surface area contributed by atoms with Crippen LogP contribution in [0.4, 0.5) is 0 Å². The van der Waals surface area contributed by atoms with E-state index in [0.717, 1.165) is 4.88 Å². The Morgan fingerprint density at radius 1 is 1.32 bits per heavy atom. The second kappa shape index (κ2) is 7.43. The maximum atomic E-state index is 12.2. The lowest BCUT2D eigenvalue weighted by molar-refractivity contribution is -0.121. The maximum Gasteiger partial charge on any atom is 0.274 e. The Balaban J connectivity index is 1.80. The van der Waals surface area contributed by atoms with Gasteiger partial charge >= 0.3 is 0 Å². The van der Waals surface area contributed by atoms with Gasteiger partial charge in [0.2, 0.25) is 5.91 Å². The van der Waals surface area contributed by atoms with Gasteiger partial charge in [0.1, 0.15) is 12.2 Å². The first kappa shape index (κ1) is 17.1. The maximum absolute atomic E-state index is 12.2. The number of carbonyl (C=O) groups excluding carboxylic acids is 1. The normalized spacial score (nSPS) is 11.0. The van der Waals surface area contributed by atoms with E-state index >= 15 is 0 Å². The van der Waals surface area contributed by atoms with E-state index in [9.17, 15) is 9.59 Å². The summed E-state index contributed by atoms with van der Waals surface area (Å²) in [5.41, 5.74) is 0.131. The fraction of sp³-hybridized carbons (Fsp3) is 0.294. The summed E-state index contributed by atoms with van der Waals surface area (Å²) in [6.45, 7) is 4.22. The monoisotopic (exact) mass is 358 g/mol. The predicted octanol–water partition coefficient (Wildman–Crippen LogP) is 2.40. The number of thiophene rings is 1. The van der Waals surface area contributed by atoms with Crippen molar-refractivity contribution < 1.29 is 9.32 Å². The van der Waals surface area contributed by atoms with Gasteiger partial charge in [-0.3, -0.25) is 14.2 Å². The number of aromatic nitrogens is 3. The van der Waals surface area contributed by atoms with Crippen molar-refractivity contribution in [3.05, 3.63) is 56.8 Å². The van der Waals surface area contributed by atoms with Crippen LogP contribution in [0.25, 0.3) is 11.6 Å². The molecule has 130 valence electrons. The highest BCUT2D eigenvalue weighted by atomic mass is 32.1. The first-order valence-electron chi connectivity index (χ1n) is 7.87. The summed E-state index contributed by atoms with van der Waals surface area (Å²) in [5, 5.41) is 8.67. The van der Waals surface area contributed by atoms with Crippen LogP contribution in [0.2, 0.25) is 0 Å². The largest absolute Gasteiger partial charge is 0.350 e. The molecule has 0 unspecified atom stereocenters. The molecule has 3 aromatic rings. The van der Waals surface area contributed by atoms with E-state index in [0.29, 0.717) is 18.1 Å². The van der Waals surface area contributed by atoms with Crippen LogP contribution in [-0.2, 0) is 17.9 Å². The van der Waals surface area contributed by atoms with Crippen molar-refractivity contribution in [3.63, 3.8) is 0 Å². The lowest BCUT2D eigenvalue weighted by Gasteiger charge is -2.10. The minimum absolute atomic E-state index is 0.107. The molecule has 0 bridgehead atoms. The number of amides is 1. The quantitative estimate of drug-likeness (QED) is 0.731. The Morgan fingerprint density at radius 2 is 2.16 bits per heavy atom. The summed E-state index contributed by atoms with van der Waals surface area (Å²) in [4.78, 5) is 29.8. The molecule has 0 fully saturated rings. The second-order valence-corrected chi connectivity index (χ2v) is 6.84. The second-order valence-electron chi connectivity index (χ2n) is 5.80. The molecular weight excluding hydrogens is 340 g/mol. The van der Waals surface area contributed by atoms with E-state index in [4.69, 9.17) is 4.52 Å². The Kier molecular flexibility index (Phi) is 5.08. The fourth-order valence-corrected chi connectivity index (χ4v) is 2.89. The van der Waals surface area contributed by atoms with E-state index in [1.54, 1.807) is 23.5 Å². The number of carbonyl (C=O) groups is 1. The van der Waals surface area contributed by atoms with E-state index in [1.165, 1.54) is 10.6 Å². The van der Waals surface area contributed by atoms with Crippen LogP contribution in [0.1, 0.15) is 30.5 Å². The Bertz CT molecular complexity index is 912. The zero-order chi connectivity index (χ0) is 17.8. The third kappa shape index (κ3) is 4.03. The average Bonchev–Trinajstić information content (AvgIpc) is 3.26. The molecule has 0 radical (unpaired) electrons. The van der Waals surface area contributed by atoms with Gasteiger partial charge in [0.15, 0.2) is 5.82 Å². The molecule has 0 saturated heterocycles. The molecule has 25 heavy (non-hydrogen) atoms. The molecule has 0 aliphatic heterocycles. The highest BCUT2D eigenvalue weighted by molar-refractivity contribution is 7.09. The molecule has 3 rings (SSSR count). The van der Waals surface area contributed by atoms with E-state index < -0.39 is 0 Å². The van der Waals surface area contributed by atoms with Gasteiger partial charge < -0.3 is 9.84 Å². The molecule has 7 nitrogen and oxygen atoms in total. The van der Waals surface area contributed by atoms with Gasteiger partial charge in [-0.2, -0.15) is 4.98 Å². The summed E-state index contributed by atoms with van der Waals surface area (Å²) in [6.07, 6.45) is 0. The van der Waals surface area contributed by atoms with Crippen LogP contribution in [0, 0.1) is 0 Å². The van der Waals surface area contributed by atoms with E-state index in [2.05, 4.69) is 15.5 Å². The highest BCUT2D eigenvalue weighted by Gasteiger charge is 2.17. The number of hydrogen-bond donors (Lipinski definition) is 1. The molecule has 0 aliphatic rings. The summed E-state index contributed by atoms with van der Waals surface area (Å²) in [6, 6.07) is 8.56. The molecule has 3 heterocycles. The molecule has 8 heteroatoms. The van der Waals surface area contributed by atoms with Crippen molar-refractivity contribution in [2.24, 2.45) is 0 Å². The number of nitrogens with one attached hydrogen (secondary N) is 1. The third-order valence-corrected chi connectivity index (χ3v) is 4.44. The molecule has 1 N–H and O–H groups in total. The Morgan fingerprint density at radius 3 is 2.84 bits per heavy atom. The zero-order valence-electron chi connectivity index (χ0n) is 13.9. The van der Waals surface area contributed by atoms with Gasteiger partial charge in [0.25, 0.3) is 11.4 Å². The predicted molar refractivity (Wildman–Crippen MR) is 94.2 cm³/mol. The van der Waals surface area contributed by atoms with Gasteiger partial charge in [-0.15, -0.1) is 11.3 Å². The molecule has 0 aliphatic carbocycles. The van der Waals surface area contributed by atoms with Crippen molar-refractivity contribution >= 4 is 17.2 Å². The Hall–Kier alpha value is -2.74. The van der Waals surface area contributed by atoms with Crippen molar-refractivity contribution in [1.29, 1.82) is 0 Å². The summed E-state index contributed by atoms with van der Waals surface area (Å²) in [5.74, 6) is 0.634. The molecule has 0 spiro atoms. The standard InChI is InChI=1S/C17H18N4O3S/c1-11(2)16-19-17(24-20-16)13-6-3-7-15(23)21(13)10-14(22)18-9-12-5-4-8-25-12/h3-8,11H,9-10H2,1-2H3,(H,18,22). The summed E-state index contributed by atoms with van der Waals surface area (Å²) in [7, 11) is 0. The van der Waals surface area contributed by atoms with Gasteiger partial charge in [0.05, 0.1) is 6.54 Å². The van der Waals surface area contributed by atoms with E-state index in [-0.39, 0.29) is 29.8 Å². The van der Waals surface area contributed by atoms with Crippen LogP contribution in [0.3, 0.4) is 0 Å². The number of hydrogen-bond acceptors (Lipinski definition) is 6. The summed E-state index contributed by atoms with van der Waals surface area (Å²) >= 11 is 1.56. The summed E-state index contributed by atoms with van der Waals surface area (Å²) < 4.78 is 6.59. The molecule has 0 saturated carbocycles. The van der Waals surface area contributed by atoms with Crippen LogP contribution in [-0.4, -0.2) is 20.6 Å². The lowest BCUT2D eigenvalue weighted by atomic mass is 10.2. The average molecular weight is 358 g/mol. The van der Waals surface area contributed by atoms with Gasteiger partial charge in [-0.1, -0.05) is 31.1 Å². The van der Waals surface area contributed by atoms with Gasteiger partial charge in [-0.25, -0.2) is 0 Å². The third-order valence-electron chi connectivity index (χ3n) is 3.57. The van der Waals surface area contributed by atoms with Crippen molar-refractivity contribution in [1.82, 2.24) is 20.0 Å². The lowest BCUT2D eigenvalue weighted by Crippen LogP contribution is -2.32. The Labute approximate surface area is 148 Å². The van der Waals surface area contributed by atoms with Gasteiger partial charge in [-0.05, 0) is 17.5 Å². The van der Waals surface area contributed by atoms with Crippen LogP contribution < -0.4 is 10.9 Å². The van der Waals surface area contributed by atoms with E-state index in [1.807, 2.05) is 31.4 Å². The molecular formula is C17H18N4O3S. The first-order chi connectivity index (χ1) is 12.0. The van der Waals surface area contributed by atoms with Crippen LogP contribution >= 0.6 is 11.3 Å². The SMILES string of the molecule is CC(C)c1noc(-c2cccc(=O)n2CC(=O)NCc2cccs2)n1. The van der Waals surface area contributed by atoms with Crippen LogP contribution in [0.15, 0.2) is 45.0 Å². The van der Waals surface area contributed by atoms with Crippen molar-refractivity contribution in [3.8, 4) is 11.6 Å². The van der Waals surface area contributed by atoms with Crippen molar-refractivity contribution in [2.75, 3.05) is 0 Å². The van der Waals surface area contributed by atoms with Gasteiger partial charge in [0, 0.05) is 16.9 Å². The number of pyridine rings is 1. The highest BCUT2D eigenvalue weighted by Crippen LogP contribution is 2.18. The fourth-order valence-electron chi connectivity index (χ4n) is 2.24. The van der Waals surface area contributed by atoms with Crippen LogP contribution in [0.5, 0.6) is 0 Å².